The molecule has 1 N–H and O–H groups in total. The minimum atomic E-state index is 0.306. The molecule has 0 aliphatic heterocycles. The summed E-state index contributed by atoms with van der Waals surface area (Å²) in [5, 5.41) is 3.57. The number of hydrogen-bond acceptors (Lipinski definition) is 2. The van der Waals surface area contributed by atoms with Crippen molar-refractivity contribution in [3.05, 3.63) is 61.4 Å². The molecule has 2 aromatic rings. The average Bonchev–Trinajstić information content (AvgIpc) is 2.44. The molecule has 1 unspecified atom stereocenters. The van der Waals surface area contributed by atoms with Crippen molar-refractivity contribution < 1.29 is 0 Å². The van der Waals surface area contributed by atoms with E-state index in [9.17, 15) is 0 Å². The predicted octanol–water partition coefficient (Wildman–Crippen LogP) is 4.65. The summed E-state index contributed by atoms with van der Waals surface area (Å²) in [6.45, 7) is 5.25. The molecular weight excluding hydrogens is 427 g/mol. The third kappa shape index (κ3) is 4.02. The van der Waals surface area contributed by atoms with Gasteiger partial charge in [0, 0.05) is 32.4 Å². The lowest BCUT2D eigenvalue weighted by Gasteiger charge is -2.20. The fourth-order valence-electron chi connectivity index (χ4n) is 2.21. The Morgan fingerprint density at radius 1 is 1.30 bits per heavy atom. The maximum absolute atomic E-state index is 4.49. The number of nitrogens with zero attached hydrogens (tertiary/aromatic N) is 1. The van der Waals surface area contributed by atoms with Crippen LogP contribution in [0, 0.1) is 10.5 Å². The normalized spacial score (nSPS) is 12.4. The number of rotatable bonds is 5. The van der Waals surface area contributed by atoms with Crippen molar-refractivity contribution in [1.29, 1.82) is 0 Å². The first kappa shape index (κ1) is 15.9. The monoisotopic (exact) mass is 444 g/mol. The van der Waals surface area contributed by atoms with E-state index in [-0.39, 0.29) is 0 Å². The summed E-state index contributed by atoms with van der Waals surface area (Å²) in [6.07, 6.45) is 2.76. The molecule has 0 radical (unpaired) electrons. The zero-order valence-corrected chi connectivity index (χ0v) is 15.4. The first-order chi connectivity index (χ1) is 9.61. The van der Waals surface area contributed by atoms with E-state index < -0.39 is 0 Å². The van der Waals surface area contributed by atoms with Crippen LogP contribution in [0.5, 0.6) is 0 Å². The van der Waals surface area contributed by atoms with Gasteiger partial charge in [0.25, 0.3) is 0 Å². The lowest BCUT2D eigenvalue weighted by molar-refractivity contribution is 0.541. The van der Waals surface area contributed by atoms with Crippen LogP contribution in [0.3, 0.4) is 0 Å². The Kier molecular flexibility index (Phi) is 5.99. The van der Waals surface area contributed by atoms with E-state index in [0.717, 1.165) is 23.1 Å². The van der Waals surface area contributed by atoms with Crippen molar-refractivity contribution in [1.82, 2.24) is 10.3 Å². The summed E-state index contributed by atoms with van der Waals surface area (Å²) in [4.78, 5) is 4.49. The molecule has 0 bridgehead atoms. The minimum Gasteiger partial charge on any atom is -0.310 e. The summed E-state index contributed by atoms with van der Waals surface area (Å²) < 4.78 is 2.36. The summed E-state index contributed by atoms with van der Waals surface area (Å²) in [5.41, 5.74) is 3.79. The molecule has 2 nitrogen and oxygen atoms in total. The van der Waals surface area contributed by atoms with E-state index in [0.29, 0.717) is 6.04 Å². The fraction of sp³-hybridized carbons (Fsp3) is 0.312. The van der Waals surface area contributed by atoms with Gasteiger partial charge in [0.2, 0.25) is 0 Å². The van der Waals surface area contributed by atoms with E-state index in [1.807, 2.05) is 12.3 Å². The molecule has 0 fully saturated rings. The van der Waals surface area contributed by atoms with Gasteiger partial charge in [-0.05, 0) is 75.2 Å². The van der Waals surface area contributed by atoms with Crippen LogP contribution in [0.15, 0.2) is 41.0 Å². The molecule has 4 heteroatoms. The van der Waals surface area contributed by atoms with Crippen LogP contribution in [0.2, 0.25) is 0 Å². The van der Waals surface area contributed by atoms with Crippen LogP contribution in [0.1, 0.15) is 29.8 Å². The summed E-state index contributed by atoms with van der Waals surface area (Å²) in [5.74, 6) is 0. The van der Waals surface area contributed by atoms with Crippen LogP contribution in [-0.4, -0.2) is 11.5 Å². The van der Waals surface area contributed by atoms with Crippen LogP contribution in [0.25, 0.3) is 0 Å². The first-order valence-electron chi connectivity index (χ1n) is 6.70. The molecule has 0 saturated carbocycles. The summed E-state index contributed by atoms with van der Waals surface area (Å²) in [6, 6.07) is 10.9. The molecule has 0 aliphatic carbocycles. The molecule has 106 valence electrons. The average molecular weight is 445 g/mol. The van der Waals surface area contributed by atoms with Gasteiger partial charge >= 0.3 is 0 Å². The number of aromatic nitrogens is 1. The lowest BCUT2D eigenvalue weighted by atomic mass is 10.00. The molecule has 1 aromatic heterocycles. The highest BCUT2D eigenvalue weighted by atomic mass is 127. The van der Waals surface area contributed by atoms with Gasteiger partial charge in [-0.2, -0.15) is 0 Å². The second-order valence-electron chi connectivity index (χ2n) is 4.76. The molecule has 1 aromatic carbocycles. The Labute approximate surface area is 142 Å². The zero-order chi connectivity index (χ0) is 14.5. The minimum absolute atomic E-state index is 0.306. The van der Waals surface area contributed by atoms with E-state index in [4.69, 9.17) is 0 Å². The summed E-state index contributed by atoms with van der Waals surface area (Å²) in [7, 11) is 0. The number of pyridine rings is 1. The van der Waals surface area contributed by atoms with Gasteiger partial charge in [0.1, 0.15) is 0 Å². The van der Waals surface area contributed by atoms with Gasteiger partial charge < -0.3 is 5.32 Å². The fourth-order valence-corrected chi connectivity index (χ4v) is 3.18. The van der Waals surface area contributed by atoms with Gasteiger partial charge in [0.05, 0.1) is 0 Å². The molecule has 0 spiro atoms. The molecule has 0 saturated heterocycles. The maximum Gasteiger partial charge on any atom is 0.0423 e. The smallest absolute Gasteiger partial charge is 0.0423 e. The zero-order valence-electron chi connectivity index (χ0n) is 11.7. The molecule has 20 heavy (non-hydrogen) atoms. The maximum atomic E-state index is 4.49. The molecule has 0 aliphatic rings. The largest absolute Gasteiger partial charge is 0.310 e. The SMILES string of the molecule is CCNC(Cc1ccc(Br)cn1)c1cccc(C)c1I. The second-order valence-corrected chi connectivity index (χ2v) is 6.75. The van der Waals surface area contributed by atoms with Crippen molar-refractivity contribution in [2.45, 2.75) is 26.3 Å². The van der Waals surface area contributed by atoms with Crippen molar-refractivity contribution in [3.8, 4) is 0 Å². The third-order valence-corrected chi connectivity index (χ3v) is 5.19. The van der Waals surface area contributed by atoms with Crippen LogP contribution in [0.4, 0.5) is 0 Å². The van der Waals surface area contributed by atoms with Gasteiger partial charge in [-0.15, -0.1) is 0 Å². The highest BCUT2D eigenvalue weighted by molar-refractivity contribution is 14.1. The highest BCUT2D eigenvalue weighted by Crippen LogP contribution is 2.25. The number of likely N-dealkylation sites (N-methyl/N-ethyl adjacent to an activating group) is 1. The van der Waals surface area contributed by atoms with Crippen LogP contribution in [-0.2, 0) is 6.42 Å². The quantitative estimate of drug-likeness (QED) is 0.679. The van der Waals surface area contributed by atoms with Crippen molar-refractivity contribution in [3.63, 3.8) is 0 Å². The number of nitrogens with one attached hydrogen (secondary N) is 1. The number of aryl methyl sites for hydroxylation is 1. The Morgan fingerprint density at radius 2 is 2.10 bits per heavy atom. The van der Waals surface area contributed by atoms with Crippen molar-refractivity contribution in [2.75, 3.05) is 6.54 Å². The standard InChI is InChI=1S/C16H18BrIN2/c1-3-19-15(9-13-8-7-12(17)10-20-13)14-6-4-5-11(2)16(14)18/h4-8,10,15,19H,3,9H2,1-2H3. The Morgan fingerprint density at radius 3 is 2.75 bits per heavy atom. The first-order valence-corrected chi connectivity index (χ1v) is 8.57. The Hall–Kier alpha value is -0.460. The summed E-state index contributed by atoms with van der Waals surface area (Å²) >= 11 is 5.87. The van der Waals surface area contributed by atoms with E-state index in [1.165, 1.54) is 14.7 Å². The number of benzene rings is 1. The van der Waals surface area contributed by atoms with Crippen LogP contribution >= 0.6 is 38.5 Å². The molecule has 0 amide bonds. The van der Waals surface area contributed by atoms with Gasteiger partial charge in [-0.1, -0.05) is 25.1 Å². The van der Waals surface area contributed by atoms with Crippen molar-refractivity contribution in [2.24, 2.45) is 0 Å². The van der Waals surface area contributed by atoms with Crippen molar-refractivity contribution >= 4 is 38.5 Å². The topological polar surface area (TPSA) is 24.9 Å². The van der Waals surface area contributed by atoms with Gasteiger partial charge in [-0.3, -0.25) is 4.98 Å². The van der Waals surface area contributed by atoms with Gasteiger partial charge in [-0.25, -0.2) is 0 Å². The van der Waals surface area contributed by atoms with Crippen LogP contribution < -0.4 is 5.32 Å². The number of hydrogen-bond donors (Lipinski definition) is 1. The van der Waals surface area contributed by atoms with E-state index >= 15 is 0 Å². The highest BCUT2D eigenvalue weighted by Gasteiger charge is 2.15. The molecular formula is C16H18BrIN2. The molecule has 1 atom stereocenters. The third-order valence-electron chi connectivity index (χ3n) is 3.25. The molecule has 2 rings (SSSR count). The lowest BCUT2D eigenvalue weighted by Crippen LogP contribution is -2.24. The Bertz CT molecular complexity index is 569. The predicted molar refractivity (Wildman–Crippen MR) is 96.0 cm³/mol. The van der Waals surface area contributed by atoms with E-state index in [1.54, 1.807) is 0 Å². The number of halogens is 2. The Balaban J connectivity index is 2.26. The van der Waals surface area contributed by atoms with E-state index in [2.05, 4.69) is 86.9 Å². The molecule has 1 heterocycles. The second kappa shape index (κ2) is 7.52. The van der Waals surface area contributed by atoms with Gasteiger partial charge in [0.15, 0.2) is 0 Å².